The van der Waals surface area contributed by atoms with Gasteiger partial charge in [-0.2, -0.15) is 0 Å². The second kappa shape index (κ2) is 21.3. The van der Waals surface area contributed by atoms with Crippen molar-refractivity contribution in [2.24, 2.45) is 0 Å². The highest BCUT2D eigenvalue weighted by molar-refractivity contribution is 8.12. The average Bonchev–Trinajstić information content (AvgIpc) is 2.69. The van der Waals surface area contributed by atoms with E-state index in [-0.39, 0.29) is 34.0 Å². The van der Waals surface area contributed by atoms with Gasteiger partial charge in [0.15, 0.2) is 0 Å². The molecular weight excluding hydrogens is 576 g/mol. The normalized spacial score (nSPS) is 12.6. The Morgan fingerprint density at radius 3 is 0.556 bits per heavy atom. The molecule has 36 heavy (non-hydrogen) atoms. The van der Waals surface area contributed by atoms with Gasteiger partial charge in [-0.15, -0.1) is 0 Å². The van der Waals surface area contributed by atoms with Crippen LogP contribution in [0.15, 0.2) is 0 Å². The second-order valence-electron chi connectivity index (χ2n) is 10.3. The molecule has 13 heteroatoms. The smallest absolute Gasteiger partial charge is 0.328 e. The average molecular weight is 637 g/mol. The van der Waals surface area contributed by atoms with Gasteiger partial charge >= 0.3 is 7.60 Å². The van der Waals surface area contributed by atoms with Crippen molar-refractivity contribution in [3.8, 4) is 0 Å². The van der Waals surface area contributed by atoms with Gasteiger partial charge < -0.3 is 24.5 Å². The molecule has 0 saturated heterocycles. The first kappa shape index (κ1) is 47.4. The summed E-state index contributed by atoms with van der Waals surface area (Å²) in [6, 6.07) is 0. The number of rotatable bonds is 7. The summed E-state index contributed by atoms with van der Waals surface area (Å²) in [7, 11) is -6.57. The van der Waals surface area contributed by atoms with Crippen molar-refractivity contribution in [2.45, 2.75) is 150 Å². The Labute approximate surface area is 234 Å². The van der Waals surface area contributed by atoms with E-state index in [4.69, 9.17) is 33.4 Å². The number of hydrogen-bond acceptors (Lipinski definition) is 4. The summed E-state index contributed by atoms with van der Waals surface area (Å²) in [5, 5.41) is 0. The molecule has 7 nitrogen and oxygen atoms in total. The zero-order valence-electron chi connectivity index (χ0n) is 25.7. The lowest BCUT2D eigenvalue weighted by Gasteiger charge is -2.23. The standard InChI is InChI=1S/C6H15O2P.2C6H15OPS.C3H9O3P.C2H6/c1-5(2)9(7,8)6(3)4;2*1-5(2)8(7,9)6(3)4;1-3(2)7(4,5)6;1-2/h5-6H,1-4H3,(H,7,8);2*5-6H,1-4H3,(H,7,9);3H,1-2H3,(H2,4,5,6);1-2H3. The Kier molecular flexibility index (Phi) is 28.1. The summed E-state index contributed by atoms with van der Waals surface area (Å²) < 4.78 is 21.2. The predicted molar refractivity (Wildman–Crippen MR) is 172 cm³/mol. The van der Waals surface area contributed by atoms with E-state index in [9.17, 15) is 23.8 Å². The zero-order valence-corrected chi connectivity index (χ0v) is 30.9. The topological polar surface area (TPSA) is 135 Å². The molecule has 0 rings (SSSR count). The van der Waals surface area contributed by atoms with Crippen LogP contribution in [-0.2, 0) is 32.7 Å². The first-order valence-corrected chi connectivity index (χ1v) is 21.9. The Morgan fingerprint density at radius 1 is 0.417 bits per heavy atom. The largest absolute Gasteiger partial charge is 0.365 e. The quantitative estimate of drug-likeness (QED) is 0.176. The van der Waals surface area contributed by atoms with Gasteiger partial charge in [-0.1, -0.05) is 134 Å². The van der Waals surface area contributed by atoms with Gasteiger partial charge in [-0.3, -0.25) is 9.13 Å². The van der Waals surface area contributed by atoms with Crippen LogP contribution in [0.2, 0.25) is 0 Å². The van der Waals surface area contributed by atoms with E-state index in [1.807, 2.05) is 69.2 Å². The highest BCUT2D eigenvalue weighted by atomic mass is 32.4. The van der Waals surface area contributed by atoms with E-state index in [2.05, 4.69) is 0 Å². The molecular formula is C23H60O7P4S2. The monoisotopic (exact) mass is 636 g/mol. The third-order valence-electron chi connectivity index (χ3n) is 5.11. The Balaban J connectivity index is -0.000000116. The Bertz CT molecular complexity index is 620. The van der Waals surface area contributed by atoms with Crippen LogP contribution in [0.25, 0.3) is 0 Å². The van der Waals surface area contributed by atoms with Gasteiger partial charge in [0, 0.05) is 34.0 Å². The number of hydrogen-bond donors (Lipinski definition) is 5. The molecule has 226 valence electrons. The first-order valence-electron chi connectivity index (χ1n) is 12.6. The third kappa shape index (κ3) is 22.4. The molecule has 0 spiro atoms. The van der Waals surface area contributed by atoms with E-state index in [1.54, 1.807) is 27.7 Å². The van der Waals surface area contributed by atoms with Crippen LogP contribution >= 0.6 is 27.5 Å². The van der Waals surface area contributed by atoms with Gasteiger partial charge in [0.05, 0.1) is 18.2 Å². The summed E-state index contributed by atoms with van der Waals surface area (Å²) in [5.74, 6) is 0. The lowest BCUT2D eigenvalue weighted by molar-refractivity contribution is 0.363. The summed E-state index contributed by atoms with van der Waals surface area (Å²) >= 11 is 10.1. The Hall–Kier alpha value is 1.56. The zero-order chi connectivity index (χ0) is 31.0. The first-order chi connectivity index (χ1) is 15.6. The van der Waals surface area contributed by atoms with E-state index in [0.29, 0.717) is 0 Å². The van der Waals surface area contributed by atoms with Crippen LogP contribution in [0.4, 0.5) is 0 Å². The summed E-state index contributed by atoms with van der Waals surface area (Å²) in [6.07, 6.45) is -4.01. The molecule has 0 aliphatic heterocycles. The van der Waals surface area contributed by atoms with E-state index < -0.39 is 33.2 Å². The lowest BCUT2D eigenvalue weighted by atomic mass is 10.5. The van der Waals surface area contributed by atoms with Crippen molar-refractivity contribution in [3.63, 3.8) is 0 Å². The van der Waals surface area contributed by atoms with Crippen LogP contribution in [0.5, 0.6) is 0 Å². The predicted octanol–water partition coefficient (Wildman–Crippen LogP) is 8.05. The maximum Gasteiger partial charge on any atom is 0.328 e. The van der Waals surface area contributed by atoms with Gasteiger partial charge in [-0.25, -0.2) is 0 Å². The SMILES string of the molecule is CC.CC(C)P(=O)(O)C(C)C.CC(C)P(=O)(O)O.CC(C)P(O)(=S)C(C)C.CC(C)P(O)(=S)C(C)C. The molecule has 0 aromatic rings. The van der Waals surface area contributed by atoms with Gasteiger partial charge in [0.25, 0.3) is 0 Å². The van der Waals surface area contributed by atoms with Gasteiger partial charge in [0.2, 0.25) is 7.37 Å². The molecule has 0 aliphatic carbocycles. The van der Waals surface area contributed by atoms with Crippen LogP contribution in [0.3, 0.4) is 0 Å². The fourth-order valence-corrected chi connectivity index (χ4v) is 5.37. The molecule has 0 bridgehead atoms. The molecule has 0 aromatic carbocycles. The fraction of sp³-hybridized carbons (Fsp3) is 1.00. The van der Waals surface area contributed by atoms with E-state index in [1.165, 1.54) is 13.8 Å². The van der Waals surface area contributed by atoms with Crippen LogP contribution < -0.4 is 0 Å². The highest BCUT2D eigenvalue weighted by Crippen LogP contribution is 2.51. The van der Waals surface area contributed by atoms with E-state index in [0.717, 1.165) is 0 Å². The van der Waals surface area contributed by atoms with Gasteiger partial charge in [-0.05, 0) is 0 Å². The fourth-order valence-electron chi connectivity index (χ4n) is 1.79. The second-order valence-corrected chi connectivity index (χ2v) is 26.2. The molecule has 0 fully saturated rings. The minimum absolute atomic E-state index is 0.0995. The van der Waals surface area contributed by atoms with Crippen LogP contribution in [-0.4, -0.2) is 64.1 Å². The summed E-state index contributed by atoms with van der Waals surface area (Å²) in [5.41, 5.74) is 0.350. The molecule has 0 amide bonds. The molecule has 0 unspecified atom stereocenters. The highest BCUT2D eigenvalue weighted by Gasteiger charge is 2.26. The maximum atomic E-state index is 11.2. The van der Waals surface area contributed by atoms with Crippen molar-refractivity contribution >= 4 is 51.1 Å². The van der Waals surface area contributed by atoms with Crippen LogP contribution in [0.1, 0.15) is 111 Å². The van der Waals surface area contributed by atoms with Gasteiger partial charge in [0.1, 0.15) is 0 Å². The van der Waals surface area contributed by atoms with Crippen molar-refractivity contribution in [2.75, 3.05) is 0 Å². The lowest BCUT2D eigenvalue weighted by Crippen LogP contribution is -2.06. The minimum Gasteiger partial charge on any atom is -0.365 e. The summed E-state index contributed by atoms with van der Waals surface area (Å²) in [4.78, 5) is 44.8. The van der Waals surface area contributed by atoms with Crippen molar-refractivity contribution in [3.05, 3.63) is 0 Å². The Morgan fingerprint density at radius 2 is 0.556 bits per heavy atom. The minimum atomic E-state index is -3.74. The third-order valence-corrected chi connectivity index (χ3v) is 20.4. The molecule has 0 saturated carbocycles. The summed E-state index contributed by atoms with van der Waals surface area (Å²) in [6.45, 7) is 30.0. The molecule has 0 atom stereocenters. The molecule has 0 aromatic heterocycles. The van der Waals surface area contributed by atoms with Crippen molar-refractivity contribution < 1.29 is 33.6 Å². The van der Waals surface area contributed by atoms with Crippen molar-refractivity contribution in [1.82, 2.24) is 0 Å². The molecule has 5 N–H and O–H groups in total. The van der Waals surface area contributed by atoms with Crippen LogP contribution in [0, 0.1) is 0 Å². The van der Waals surface area contributed by atoms with E-state index >= 15 is 0 Å². The molecule has 0 radical (unpaired) electrons. The maximum absolute atomic E-state index is 11.2. The van der Waals surface area contributed by atoms with Crippen molar-refractivity contribution in [1.29, 1.82) is 0 Å². The molecule has 0 aliphatic rings. The molecule has 0 heterocycles.